The SMILES string of the molecule is CCOCCCNC(N)=NCc1cn2c(C)cccc2n1.I. The molecule has 0 amide bonds. The number of imidazole rings is 1. The lowest BCUT2D eigenvalue weighted by Crippen LogP contribution is -2.32. The highest BCUT2D eigenvalue weighted by Crippen LogP contribution is 2.08. The summed E-state index contributed by atoms with van der Waals surface area (Å²) in [6.45, 7) is 6.76. The van der Waals surface area contributed by atoms with Crippen LogP contribution in [0, 0.1) is 6.92 Å². The van der Waals surface area contributed by atoms with Crippen LogP contribution in [0.25, 0.3) is 5.65 Å². The van der Waals surface area contributed by atoms with Gasteiger partial charge in [-0.05, 0) is 32.4 Å². The van der Waals surface area contributed by atoms with Gasteiger partial charge in [-0.25, -0.2) is 9.98 Å². The van der Waals surface area contributed by atoms with Crippen LogP contribution < -0.4 is 11.1 Å². The molecule has 22 heavy (non-hydrogen) atoms. The zero-order valence-electron chi connectivity index (χ0n) is 13.1. The molecule has 2 heterocycles. The molecule has 3 N–H and O–H groups in total. The highest BCUT2D eigenvalue weighted by atomic mass is 127. The van der Waals surface area contributed by atoms with Crippen molar-refractivity contribution in [3.05, 3.63) is 35.8 Å². The Balaban J connectivity index is 0.00000242. The van der Waals surface area contributed by atoms with E-state index in [0.717, 1.165) is 43.2 Å². The van der Waals surface area contributed by atoms with E-state index in [0.29, 0.717) is 12.5 Å². The fraction of sp³-hybridized carbons (Fsp3) is 0.467. The summed E-state index contributed by atoms with van der Waals surface area (Å²) in [6.07, 6.45) is 2.91. The van der Waals surface area contributed by atoms with E-state index in [2.05, 4.69) is 32.7 Å². The normalized spacial score (nSPS) is 11.5. The largest absolute Gasteiger partial charge is 0.382 e. The number of aliphatic imine (C=N–C) groups is 1. The molecule has 2 rings (SSSR count). The highest BCUT2D eigenvalue weighted by molar-refractivity contribution is 14.0. The van der Waals surface area contributed by atoms with Crippen molar-refractivity contribution in [1.82, 2.24) is 14.7 Å². The molecule has 2 aromatic heterocycles. The van der Waals surface area contributed by atoms with Gasteiger partial charge in [0.2, 0.25) is 0 Å². The van der Waals surface area contributed by atoms with E-state index in [9.17, 15) is 0 Å². The van der Waals surface area contributed by atoms with Crippen LogP contribution in [0.1, 0.15) is 24.7 Å². The summed E-state index contributed by atoms with van der Waals surface area (Å²) < 4.78 is 7.31. The first-order valence-corrected chi connectivity index (χ1v) is 7.26. The van der Waals surface area contributed by atoms with Crippen LogP contribution in [0.5, 0.6) is 0 Å². The van der Waals surface area contributed by atoms with Crippen molar-refractivity contribution in [3.8, 4) is 0 Å². The summed E-state index contributed by atoms with van der Waals surface area (Å²) >= 11 is 0. The number of rotatable bonds is 7. The number of nitrogens with zero attached hydrogens (tertiary/aromatic N) is 3. The number of nitrogens with two attached hydrogens (primary N) is 1. The second-order valence-corrected chi connectivity index (χ2v) is 4.81. The summed E-state index contributed by atoms with van der Waals surface area (Å²) in [7, 11) is 0. The molecule has 0 aliphatic rings. The quantitative estimate of drug-likeness (QED) is 0.313. The van der Waals surface area contributed by atoms with Crippen molar-refractivity contribution in [3.63, 3.8) is 0 Å². The number of hydrogen-bond donors (Lipinski definition) is 2. The van der Waals surface area contributed by atoms with E-state index in [1.54, 1.807) is 0 Å². The standard InChI is InChI=1S/C15H23N5O.HI/c1-3-21-9-5-8-17-15(16)18-10-13-11-20-12(2)6-4-7-14(20)19-13;/h4,6-7,11H,3,5,8-10H2,1-2H3,(H3,16,17,18);1H. The average molecular weight is 417 g/mol. The lowest BCUT2D eigenvalue weighted by molar-refractivity contribution is 0.145. The summed E-state index contributed by atoms with van der Waals surface area (Å²) in [5.41, 5.74) is 8.81. The third-order valence-electron chi connectivity index (χ3n) is 3.13. The van der Waals surface area contributed by atoms with Gasteiger partial charge in [-0.1, -0.05) is 6.07 Å². The van der Waals surface area contributed by atoms with Gasteiger partial charge in [0.1, 0.15) is 5.65 Å². The number of ether oxygens (including phenoxy) is 1. The molecule has 0 aromatic carbocycles. The Morgan fingerprint density at radius 3 is 3.00 bits per heavy atom. The van der Waals surface area contributed by atoms with Gasteiger partial charge in [-0.2, -0.15) is 0 Å². The predicted octanol–water partition coefficient (Wildman–Crippen LogP) is 2.09. The fourth-order valence-electron chi connectivity index (χ4n) is 2.03. The van der Waals surface area contributed by atoms with Crippen molar-refractivity contribution in [2.24, 2.45) is 10.7 Å². The van der Waals surface area contributed by atoms with Crippen molar-refractivity contribution >= 4 is 35.6 Å². The molecule has 0 aliphatic heterocycles. The molecule has 7 heteroatoms. The first-order valence-electron chi connectivity index (χ1n) is 7.26. The van der Waals surface area contributed by atoms with Crippen LogP contribution in [-0.2, 0) is 11.3 Å². The minimum absolute atomic E-state index is 0. The van der Waals surface area contributed by atoms with Crippen molar-refractivity contribution in [2.45, 2.75) is 26.8 Å². The second kappa shape index (κ2) is 9.62. The van der Waals surface area contributed by atoms with E-state index in [4.69, 9.17) is 10.5 Å². The molecule has 0 saturated carbocycles. The lowest BCUT2D eigenvalue weighted by Gasteiger charge is -2.05. The number of nitrogens with one attached hydrogen (secondary N) is 1. The zero-order valence-corrected chi connectivity index (χ0v) is 15.4. The Morgan fingerprint density at radius 1 is 1.45 bits per heavy atom. The summed E-state index contributed by atoms with van der Waals surface area (Å²) in [5.74, 6) is 0.445. The van der Waals surface area contributed by atoms with Crippen LogP contribution >= 0.6 is 24.0 Å². The molecule has 0 fully saturated rings. The first-order chi connectivity index (χ1) is 10.2. The summed E-state index contributed by atoms with van der Waals surface area (Å²) in [4.78, 5) is 8.82. The Hall–Kier alpha value is -1.35. The smallest absolute Gasteiger partial charge is 0.188 e. The van der Waals surface area contributed by atoms with Crippen LogP contribution in [0.2, 0.25) is 0 Å². The van der Waals surface area contributed by atoms with E-state index in [1.165, 1.54) is 0 Å². The van der Waals surface area contributed by atoms with Crippen molar-refractivity contribution < 1.29 is 4.74 Å². The molecule has 0 unspecified atom stereocenters. The Bertz CT molecular complexity index is 611. The predicted molar refractivity (Wildman–Crippen MR) is 99.8 cm³/mol. The zero-order chi connectivity index (χ0) is 15.1. The molecular formula is C15H24IN5O. The van der Waals surface area contributed by atoms with E-state index in [1.807, 2.05) is 25.3 Å². The van der Waals surface area contributed by atoms with Crippen LogP contribution in [0.3, 0.4) is 0 Å². The van der Waals surface area contributed by atoms with E-state index in [-0.39, 0.29) is 24.0 Å². The number of pyridine rings is 1. The molecular weight excluding hydrogens is 393 g/mol. The van der Waals surface area contributed by atoms with E-state index >= 15 is 0 Å². The monoisotopic (exact) mass is 417 g/mol. The van der Waals surface area contributed by atoms with Gasteiger partial charge in [0.15, 0.2) is 5.96 Å². The number of hydrogen-bond acceptors (Lipinski definition) is 3. The molecule has 0 radical (unpaired) electrons. The summed E-state index contributed by atoms with van der Waals surface area (Å²) in [5, 5.41) is 3.07. The molecule has 0 aliphatic carbocycles. The third kappa shape index (κ3) is 5.45. The molecule has 0 atom stereocenters. The number of halogens is 1. The molecule has 0 saturated heterocycles. The van der Waals surface area contributed by atoms with Gasteiger partial charge in [0.05, 0.1) is 12.2 Å². The topological polar surface area (TPSA) is 76.9 Å². The Kier molecular flexibility index (Phi) is 8.18. The van der Waals surface area contributed by atoms with Crippen LogP contribution in [0.4, 0.5) is 0 Å². The molecule has 0 bridgehead atoms. The maximum atomic E-state index is 5.82. The van der Waals surface area contributed by atoms with Gasteiger partial charge in [-0.15, -0.1) is 24.0 Å². The minimum atomic E-state index is 0. The fourth-order valence-corrected chi connectivity index (χ4v) is 2.03. The number of fused-ring (bicyclic) bond motifs is 1. The van der Waals surface area contributed by atoms with Gasteiger partial charge < -0.3 is 20.2 Å². The van der Waals surface area contributed by atoms with Crippen LogP contribution in [-0.4, -0.2) is 35.1 Å². The molecule has 122 valence electrons. The van der Waals surface area contributed by atoms with Gasteiger partial charge in [0, 0.05) is 31.6 Å². The first kappa shape index (κ1) is 18.7. The number of guanidine groups is 1. The highest BCUT2D eigenvalue weighted by Gasteiger charge is 2.02. The number of aromatic nitrogens is 2. The summed E-state index contributed by atoms with van der Waals surface area (Å²) in [6, 6.07) is 6.03. The lowest BCUT2D eigenvalue weighted by atomic mass is 10.4. The Morgan fingerprint density at radius 2 is 2.27 bits per heavy atom. The minimum Gasteiger partial charge on any atom is -0.382 e. The second-order valence-electron chi connectivity index (χ2n) is 4.81. The maximum Gasteiger partial charge on any atom is 0.188 e. The van der Waals surface area contributed by atoms with Gasteiger partial charge >= 0.3 is 0 Å². The molecule has 0 spiro atoms. The van der Waals surface area contributed by atoms with Gasteiger partial charge in [-0.3, -0.25) is 0 Å². The van der Waals surface area contributed by atoms with Crippen LogP contribution in [0.15, 0.2) is 29.4 Å². The van der Waals surface area contributed by atoms with Gasteiger partial charge in [0.25, 0.3) is 0 Å². The maximum absolute atomic E-state index is 5.82. The Labute approximate surface area is 148 Å². The van der Waals surface area contributed by atoms with Crippen molar-refractivity contribution in [1.29, 1.82) is 0 Å². The average Bonchev–Trinajstić information content (AvgIpc) is 2.89. The molecule has 6 nitrogen and oxygen atoms in total. The van der Waals surface area contributed by atoms with E-state index < -0.39 is 0 Å². The third-order valence-corrected chi connectivity index (χ3v) is 3.13. The number of aryl methyl sites for hydroxylation is 1. The van der Waals surface area contributed by atoms with Crippen molar-refractivity contribution in [2.75, 3.05) is 19.8 Å². The molecule has 2 aromatic rings.